The van der Waals surface area contributed by atoms with Crippen molar-refractivity contribution in [2.24, 2.45) is 0 Å². The van der Waals surface area contributed by atoms with Crippen LogP contribution >= 0.6 is 23.2 Å². The van der Waals surface area contributed by atoms with E-state index in [4.69, 9.17) is 23.2 Å². The molecule has 2 aromatic carbocycles. The standard InChI is InChI=1S/C20H23Cl2N3O2/c1-3-10-25(12-19(26)23-16-7-4-14(2)5-8-16)13-20(27)24-18-9-6-15(21)11-17(18)22/h4-9,11H,3,10,12-13H2,1-2H3,(H,23,26)(H,24,27). The minimum Gasteiger partial charge on any atom is -0.325 e. The Kier molecular flexibility index (Phi) is 8.10. The summed E-state index contributed by atoms with van der Waals surface area (Å²) in [6, 6.07) is 12.4. The second-order valence-corrected chi connectivity index (χ2v) is 7.14. The summed E-state index contributed by atoms with van der Waals surface area (Å²) in [5.74, 6) is -0.402. The van der Waals surface area contributed by atoms with Gasteiger partial charge in [-0.2, -0.15) is 0 Å². The van der Waals surface area contributed by atoms with E-state index < -0.39 is 0 Å². The van der Waals surface area contributed by atoms with Gasteiger partial charge in [0.25, 0.3) is 0 Å². The Labute approximate surface area is 169 Å². The Balaban J connectivity index is 1.92. The van der Waals surface area contributed by atoms with E-state index in [1.807, 2.05) is 38.1 Å². The first kappa shape index (κ1) is 21.2. The van der Waals surface area contributed by atoms with Crippen LogP contribution in [0.3, 0.4) is 0 Å². The number of amides is 2. The van der Waals surface area contributed by atoms with E-state index in [-0.39, 0.29) is 24.9 Å². The largest absolute Gasteiger partial charge is 0.325 e. The Morgan fingerprint density at radius 2 is 1.59 bits per heavy atom. The lowest BCUT2D eigenvalue weighted by atomic mass is 10.2. The molecule has 0 radical (unpaired) electrons. The van der Waals surface area contributed by atoms with Crippen molar-refractivity contribution in [3.63, 3.8) is 0 Å². The maximum absolute atomic E-state index is 12.3. The van der Waals surface area contributed by atoms with Crippen LogP contribution < -0.4 is 10.6 Å². The van der Waals surface area contributed by atoms with Crippen LogP contribution in [0.25, 0.3) is 0 Å². The fourth-order valence-corrected chi connectivity index (χ4v) is 3.01. The van der Waals surface area contributed by atoms with Crippen LogP contribution in [0.4, 0.5) is 11.4 Å². The highest BCUT2D eigenvalue weighted by molar-refractivity contribution is 6.36. The fourth-order valence-electron chi connectivity index (χ4n) is 2.55. The molecule has 2 rings (SSSR count). The van der Waals surface area contributed by atoms with E-state index in [2.05, 4.69) is 10.6 Å². The number of hydrogen-bond acceptors (Lipinski definition) is 3. The summed E-state index contributed by atoms with van der Waals surface area (Å²) in [6.45, 7) is 4.83. The SMILES string of the molecule is CCCN(CC(=O)Nc1ccc(C)cc1)CC(=O)Nc1ccc(Cl)cc1Cl. The fraction of sp³-hybridized carbons (Fsp3) is 0.300. The van der Waals surface area contributed by atoms with Crippen LogP contribution in [0.5, 0.6) is 0 Å². The summed E-state index contributed by atoms with van der Waals surface area (Å²) in [5.41, 5.74) is 2.35. The number of nitrogens with zero attached hydrogens (tertiary/aromatic N) is 1. The highest BCUT2D eigenvalue weighted by atomic mass is 35.5. The quantitative estimate of drug-likeness (QED) is 0.672. The topological polar surface area (TPSA) is 61.4 Å². The number of rotatable bonds is 8. The molecule has 0 bridgehead atoms. The molecule has 0 saturated heterocycles. The van der Waals surface area contributed by atoms with E-state index >= 15 is 0 Å². The highest BCUT2D eigenvalue weighted by Gasteiger charge is 2.15. The molecule has 2 N–H and O–H groups in total. The Hall–Kier alpha value is -2.08. The van der Waals surface area contributed by atoms with E-state index in [0.717, 1.165) is 17.7 Å². The molecule has 0 atom stereocenters. The summed E-state index contributed by atoms with van der Waals surface area (Å²) in [6.07, 6.45) is 0.826. The van der Waals surface area contributed by atoms with Crippen LogP contribution in [0.15, 0.2) is 42.5 Å². The van der Waals surface area contributed by atoms with Gasteiger partial charge in [-0.1, -0.05) is 47.8 Å². The number of carbonyl (C=O) groups excluding carboxylic acids is 2. The summed E-state index contributed by atoms with van der Waals surface area (Å²) < 4.78 is 0. The maximum atomic E-state index is 12.3. The van der Waals surface area contributed by atoms with Crippen LogP contribution in [0.1, 0.15) is 18.9 Å². The molecule has 0 aromatic heterocycles. The van der Waals surface area contributed by atoms with E-state index in [9.17, 15) is 9.59 Å². The molecule has 0 aliphatic heterocycles. The number of anilines is 2. The minimum absolute atomic E-state index is 0.0914. The van der Waals surface area contributed by atoms with Crippen molar-refractivity contribution < 1.29 is 9.59 Å². The number of carbonyl (C=O) groups is 2. The zero-order valence-corrected chi connectivity index (χ0v) is 16.9. The van der Waals surface area contributed by atoms with Gasteiger partial charge in [-0.05, 0) is 50.2 Å². The van der Waals surface area contributed by atoms with Gasteiger partial charge in [-0.15, -0.1) is 0 Å². The second-order valence-electron chi connectivity index (χ2n) is 6.30. The smallest absolute Gasteiger partial charge is 0.238 e. The Morgan fingerprint density at radius 3 is 2.19 bits per heavy atom. The third-order valence-corrected chi connectivity index (χ3v) is 4.36. The molecule has 0 aliphatic carbocycles. The van der Waals surface area contributed by atoms with E-state index in [0.29, 0.717) is 22.3 Å². The molecule has 27 heavy (non-hydrogen) atoms. The molecular formula is C20H23Cl2N3O2. The van der Waals surface area contributed by atoms with Crippen molar-refractivity contribution in [1.29, 1.82) is 0 Å². The first-order valence-electron chi connectivity index (χ1n) is 8.71. The first-order chi connectivity index (χ1) is 12.9. The van der Waals surface area contributed by atoms with Crippen molar-refractivity contribution >= 4 is 46.4 Å². The molecule has 5 nitrogen and oxygen atoms in total. The van der Waals surface area contributed by atoms with Crippen molar-refractivity contribution in [2.75, 3.05) is 30.3 Å². The molecule has 2 aromatic rings. The van der Waals surface area contributed by atoms with Gasteiger partial charge in [-0.3, -0.25) is 14.5 Å². The minimum atomic E-state index is -0.240. The molecule has 0 heterocycles. The summed E-state index contributed by atoms with van der Waals surface area (Å²) >= 11 is 11.9. The Morgan fingerprint density at radius 1 is 0.963 bits per heavy atom. The monoisotopic (exact) mass is 407 g/mol. The number of aryl methyl sites for hydroxylation is 1. The average molecular weight is 408 g/mol. The number of halogens is 2. The van der Waals surface area contributed by atoms with Gasteiger partial charge in [0, 0.05) is 10.7 Å². The van der Waals surface area contributed by atoms with Gasteiger partial charge in [0.2, 0.25) is 11.8 Å². The summed E-state index contributed by atoms with van der Waals surface area (Å²) in [5, 5.41) is 6.47. The third-order valence-electron chi connectivity index (χ3n) is 3.81. The molecule has 0 fully saturated rings. The zero-order valence-electron chi connectivity index (χ0n) is 15.4. The van der Waals surface area contributed by atoms with Crippen LogP contribution in [-0.2, 0) is 9.59 Å². The third kappa shape index (κ3) is 7.21. The van der Waals surface area contributed by atoms with Crippen molar-refractivity contribution in [3.05, 3.63) is 58.1 Å². The number of hydrogen-bond donors (Lipinski definition) is 2. The molecular weight excluding hydrogens is 385 g/mol. The summed E-state index contributed by atoms with van der Waals surface area (Å²) in [4.78, 5) is 26.4. The highest BCUT2D eigenvalue weighted by Crippen LogP contribution is 2.25. The van der Waals surface area contributed by atoms with E-state index in [1.54, 1.807) is 23.1 Å². The normalized spacial score (nSPS) is 10.7. The molecule has 144 valence electrons. The van der Waals surface area contributed by atoms with Crippen LogP contribution in [0, 0.1) is 6.92 Å². The van der Waals surface area contributed by atoms with Crippen LogP contribution in [0.2, 0.25) is 10.0 Å². The lowest BCUT2D eigenvalue weighted by Crippen LogP contribution is -2.39. The molecule has 0 unspecified atom stereocenters. The molecule has 2 amide bonds. The Bertz CT molecular complexity index is 794. The summed E-state index contributed by atoms with van der Waals surface area (Å²) in [7, 11) is 0. The maximum Gasteiger partial charge on any atom is 0.238 e. The predicted molar refractivity (Wildman–Crippen MR) is 112 cm³/mol. The van der Waals surface area contributed by atoms with Crippen molar-refractivity contribution in [3.8, 4) is 0 Å². The van der Waals surface area contributed by atoms with Crippen molar-refractivity contribution in [1.82, 2.24) is 4.90 Å². The van der Waals surface area contributed by atoms with Gasteiger partial charge in [-0.25, -0.2) is 0 Å². The number of nitrogens with one attached hydrogen (secondary N) is 2. The molecule has 7 heteroatoms. The van der Waals surface area contributed by atoms with Gasteiger partial charge >= 0.3 is 0 Å². The number of benzene rings is 2. The first-order valence-corrected chi connectivity index (χ1v) is 9.46. The average Bonchev–Trinajstić information content (AvgIpc) is 2.59. The predicted octanol–water partition coefficient (Wildman–Crippen LogP) is 4.59. The van der Waals surface area contributed by atoms with Gasteiger partial charge < -0.3 is 10.6 Å². The lowest BCUT2D eigenvalue weighted by molar-refractivity contribution is -0.120. The van der Waals surface area contributed by atoms with Crippen LogP contribution in [-0.4, -0.2) is 36.3 Å². The van der Waals surface area contributed by atoms with Gasteiger partial charge in [0.15, 0.2) is 0 Å². The lowest BCUT2D eigenvalue weighted by Gasteiger charge is -2.21. The molecule has 0 aliphatic rings. The zero-order chi connectivity index (χ0) is 19.8. The van der Waals surface area contributed by atoms with Gasteiger partial charge in [0.05, 0.1) is 23.8 Å². The van der Waals surface area contributed by atoms with Crippen molar-refractivity contribution in [2.45, 2.75) is 20.3 Å². The van der Waals surface area contributed by atoms with E-state index in [1.165, 1.54) is 0 Å². The molecule has 0 saturated carbocycles. The molecule has 0 spiro atoms. The van der Waals surface area contributed by atoms with Gasteiger partial charge in [0.1, 0.15) is 0 Å². The second kappa shape index (κ2) is 10.3.